The minimum absolute atomic E-state index is 0. The Hall–Kier alpha value is -2.69. The van der Waals surface area contributed by atoms with Gasteiger partial charge in [0.05, 0.1) is 0 Å². The number of benzene rings is 4. The van der Waals surface area contributed by atoms with Crippen LogP contribution >= 0.6 is 0 Å². The molecule has 290 valence electrons. The zero-order chi connectivity index (χ0) is 34.3. The minimum atomic E-state index is 0. The molecule has 0 N–H and O–H groups in total. The van der Waals surface area contributed by atoms with Crippen LogP contribution in [0.5, 0.6) is 0 Å². The van der Waals surface area contributed by atoms with Gasteiger partial charge in [0.15, 0.2) is 0 Å². The van der Waals surface area contributed by atoms with Crippen LogP contribution in [0.2, 0.25) is 18.5 Å². The summed E-state index contributed by atoms with van der Waals surface area (Å²) >= 11 is 0. The predicted octanol–water partition coefficient (Wildman–Crippen LogP) is 15.5. The normalized spacial score (nSPS) is 29.0. The topological polar surface area (TPSA) is 0 Å². The van der Waals surface area contributed by atoms with E-state index < -0.39 is 0 Å². The Kier molecular flexibility index (Phi) is 20.7. The van der Waals surface area contributed by atoms with Crippen LogP contribution in [0.1, 0.15) is 99.3 Å². The molecule has 0 nitrogen and oxygen atoms in total. The van der Waals surface area contributed by atoms with Crippen LogP contribution in [0.3, 0.4) is 0 Å². The van der Waals surface area contributed by atoms with Crippen LogP contribution in [-0.2, 0) is 26.2 Å². The van der Waals surface area contributed by atoms with Gasteiger partial charge in [0.1, 0.15) is 6.71 Å². The van der Waals surface area contributed by atoms with Crippen molar-refractivity contribution in [2.75, 3.05) is 0 Å². The van der Waals surface area contributed by atoms with Gasteiger partial charge in [0.25, 0.3) is 0 Å². The molecular formula is C53H71BZr. The van der Waals surface area contributed by atoms with E-state index in [2.05, 4.69) is 130 Å². The van der Waals surface area contributed by atoms with Crippen molar-refractivity contribution < 1.29 is 26.2 Å². The SMILES string of the molecule is C(/C=C/c1ccccc1)=C\c1ccccc1.CB(C1C(C)CC2C(c3ccccc3)CCCC21)C1C(C)CC2C(c3ccccc3)CCCC21.[CH3-].[CH3-].[CH3-].[CH3-].[Zr+4]. The zero-order valence-electron chi connectivity index (χ0n) is 35.4. The molecule has 0 amide bonds. The maximum Gasteiger partial charge on any atom is 4.00 e. The van der Waals surface area contributed by atoms with Crippen molar-refractivity contribution in [2.24, 2.45) is 35.5 Å². The second-order valence-electron chi connectivity index (χ2n) is 16.5. The molecule has 8 rings (SSSR count). The maximum absolute atomic E-state index is 2.71. The summed E-state index contributed by atoms with van der Waals surface area (Å²) in [4.78, 5) is 0. The third kappa shape index (κ3) is 11.5. The Morgan fingerprint density at radius 1 is 0.455 bits per heavy atom. The van der Waals surface area contributed by atoms with E-state index >= 15 is 0 Å². The Morgan fingerprint density at radius 3 is 1.13 bits per heavy atom. The quantitative estimate of drug-likeness (QED) is 0.0991. The molecule has 0 spiro atoms. The average molecular weight is 810 g/mol. The molecule has 4 aromatic carbocycles. The summed E-state index contributed by atoms with van der Waals surface area (Å²) in [6.07, 6.45) is 20.0. The van der Waals surface area contributed by atoms with Gasteiger partial charge >= 0.3 is 26.2 Å². The van der Waals surface area contributed by atoms with Crippen molar-refractivity contribution in [3.8, 4) is 0 Å². The van der Waals surface area contributed by atoms with Gasteiger partial charge in [0, 0.05) is 0 Å². The predicted molar refractivity (Wildman–Crippen MR) is 243 cm³/mol. The summed E-state index contributed by atoms with van der Waals surface area (Å²) in [5.74, 6) is 9.08. The molecule has 4 aliphatic carbocycles. The van der Waals surface area contributed by atoms with Crippen molar-refractivity contribution in [3.05, 3.63) is 185 Å². The van der Waals surface area contributed by atoms with E-state index in [1.54, 1.807) is 11.1 Å². The first-order valence-electron chi connectivity index (χ1n) is 20.1. The van der Waals surface area contributed by atoms with Crippen LogP contribution < -0.4 is 0 Å². The Bertz CT molecular complexity index is 1530. The molecule has 2 heteroatoms. The van der Waals surface area contributed by atoms with E-state index in [-0.39, 0.29) is 55.9 Å². The molecule has 4 fully saturated rings. The van der Waals surface area contributed by atoms with Crippen molar-refractivity contribution in [1.29, 1.82) is 0 Å². The third-order valence-electron chi connectivity index (χ3n) is 13.8. The molecule has 0 saturated heterocycles. The van der Waals surface area contributed by atoms with E-state index in [1.165, 1.54) is 62.5 Å². The Labute approximate surface area is 359 Å². The molecule has 0 aromatic heterocycles. The summed E-state index contributed by atoms with van der Waals surface area (Å²) < 4.78 is 0. The van der Waals surface area contributed by atoms with Gasteiger partial charge in [-0.15, -0.1) is 0 Å². The van der Waals surface area contributed by atoms with Crippen molar-refractivity contribution in [3.63, 3.8) is 0 Å². The second kappa shape index (κ2) is 23.5. The fraction of sp³-hybridized carbons (Fsp3) is 0.396. The fourth-order valence-corrected chi connectivity index (χ4v) is 12.0. The molecule has 0 aliphatic heterocycles. The molecule has 0 bridgehead atoms. The summed E-state index contributed by atoms with van der Waals surface area (Å²) in [7, 11) is 0. The van der Waals surface area contributed by atoms with Crippen molar-refractivity contribution >= 4 is 18.9 Å². The van der Waals surface area contributed by atoms with Gasteiger partial charge in [-0.05, 0) is 95.3 Å². The maximum atomic E-state index is 2.71. The molecule has 10 atom stereocenters. The van der Waals surface area contributed by atoms with Gasteiger partial charge in [0.2, 0.25) is 0 Å². The van der Waals surface area contributed by atoms with Gasteiger partial charge in [-0.2, -0.15) is 0 Å². The summed E-state index contributed by atoms with van der Waals surface area (Å²) in [5, 5.41) is 0. The van der Waals surface area contributed by atoms with Crippen molar-refractivity contribution in [1.82, 2.24) is 0 Å². The monoisotopic (exact) mass is 808 g/mol. The molecule has 4 saturated carbocycles. The Balaban J connectivity index is 0.000000428. The van der Waals surface area contributed by atoms with Gasteiger partial charge in [-0.25, -0.2) is 0 Å². The number of rotatable bonds is 7. The first-order valence-corrected chi connectivity index (χ1v) is 20.1. The van der Waals surface area contributed by atoms with Gasteiger partial charge < -0.3 is 29.7 Å². The summed E-state index contributed by atoms with van der Waals surface area (Å²) in [6, 6.07) is 43.7. The molecular weight excluding hydrogens is 739 g/mol. The summed E-state index contributed by atoms with van der Waals surface area (Å²) in [6.45, 7) is 8.86. The number of allylic oxidation sites excluding steroid dienone is 2. The van der Waals surface area contributed by atoms with Crippen LogP contribution in [0.25, 0.3) is 12.2 Å². The minimum Gasteiger partial charge on any atom is -0.358 e. The third-order valence-corrected chi connectivity index (χ3v) is 13.8. The smallest absolute Gasteiger partial charge is 0.358 e. The van der Waals surface area contributed by atoms with E-state index in [1.807, 2.05) is 36.4 Å². The zero-order valence-corrected chi connectivity index (χ0v) is 37.8. The number of hydrogen-bond acceptors (Lipinski definition) is 0. The molecule has 4 aliphatic rings. The van der Waals surface area contributed by atoms with E-state index in [4.69, 9.17) is 0 Å². The standard InChI is InChI=1S/C33H45B.C16H14.4CH3.Zr/c1-22-20-30-26(24-12-6-4-7-13-24)16-10-18-28(30)32(22)34(3)33-23(2)21-31-27(17-11-19-29(31)33)25-14-8-5-9-15-25;1-3-9-15(10-4-1)13-7-8-14-16-11-5-2-6-12-16;;;;;/h4-9,12-15,22-23,26-33H,10-11,16-21H2,1-3H3;1-14H;4*1H3;/q;;4*-1;+4/b;13-7+,14-8+;;;;;. The van der Waals surface area contributed by atoms with Gasteiger partial charge in [-0.1, -0.05) is 204 Å². The first-order chi connectivity index (χ1) is 24.6. The number of hydrogen-bond donors (Lipinski definition) is 0. The van der Waals surface area contributed by atoms with Gasteiger partial charge in [-0.3, -0.25) is 0 Å². The molecule has 0 heterocycles. The first kappa shape index (κ1) is 48.5. The Morgan fingerprint density at radius 2 is 0.782 bits per heavy atom. The van der Waals surface area contributed by atoms with Crippen LogP contribution in [0.4, 0.5) is 0 Å². The molecule has 0 radical (unpaired) electrons. The largest absolute Gasteiger partial charge is 4.00 e. The van der Waals surface area contributed by atoms with Crippen LogP contribution in [0.15, 0.2) is 133 Å². The van der Waals surface area contributed by atoms with Crippen molar-refractivity contribution in [2.45, 2.75) is 95.5 Å². The van der Waals surface area contributed by atoms with E-state index in [9.17, 15) is 0 Å². The van der Waals surface area contributed by atoms with E-state index in [0.717, 1.165) is 65.7 Å². The summed E-state index contributed by atoms with van der Waals surface area (Å²) in [5.41, 5.74) is 5.70. The van der Waals surface area contributed by atoms with E-state index in [0.29, 0.717) is 0 Å². The number of fused-ring (bicyclic) bond motifs is 2. The second-order valence-corrected chi connectivity index (χ2v) is 16.5. The molecule has 55 heavy (non-hydrogen) atoms. The molecule has 4 aromatic rings. The average Bonchev–Trinajstić information content (AvgIpc) is 3.70. The fourth-order valence-electron chi connectivity index (χ4n) is 12.0. The van der Waals surface area contributed by atoms with Crippen LogP contribution in [-0.4, -0.2) is 6.71 Å². The molecule has 10 unspecified atom stereocenters. The van der Waals surface area contributed by atoms with Crippen LogP contribution in [0, 0.1) is 65.2 Å².